The van der Waals surface area contributed by atoms with Crippen LogP contribution in [-0.2, 0) is 16.0 Å². The van der Waals surface area contributed by atoms with Crippen molar-refractivity contribution in [1.82, 2.24) is 9.80 Å². The SMILES string of the molecule is O=C1CC(c2ccccc2)C(=O)N1CN1CCC(Cc2ccccc2)CC1. The summed E-state index contributed by atoms with van der Waals surface area (Å²) in [7, 11) is 0. The second kappa shape index (κ2) is 8.05. The van der Waals surface area contributed by atoms with Gasteiger partial charge in [0.2, 0.25) is 11.8 Å². The Balaban J connectivity index is 1.31. The van der Waals surface area contributed by atoms with Crippen molar-refractivity contribution >= 4 is 11.8 Å². The van der Waals surface area contributed by atoms with E-state index in [0.717, 1.165) is 37.9 Å². The molecule has 4 rings (SSSR count). The van der Waals surface area contributed by atoms with Crippen molar-refractivity contribution < 1.29 is 9.59 Å². The lowest BCUT2D eigenvalue weighted by Gasteiger charge is -2.34. The Morgan fingerprint density at radius 2 is 1.48 bits per heavy atom. The summed E-state index contributed by atoms with van der Waals surface area (Å²) in [4.78, 5) is 28.9. The van der Waals surface area contributed by atoms with Gasteiger partial charge in [-0.05, 0) is 36.3 Å². The molecule has 0 spiro atoms. The number of carbonyl (C=O) groups is 2. The van der Waals surface area contributed by atoms with Gasteiger partial charge >= 0.3 is 0 Å². The molecule has 27 heavy (non-hydrogen) atoms. The number of carbonyl (C=O) groups excluding carboxylic acids is 2. The van der Waals surface area contributed by atoms with E-state index in [9.17, 15) is 9.59 Å². The normalized spacial score (nSPS) is 21.8. The van der Waals surface area contributed by atoms with Crippen LogP contribution in [0.3, 0.4) is 0 Å². The number of nitrogens with zero attached hydrogens (tertiary/aromatic N) is 2. The molecule has 140 valence electrons. The first-order valence-electron chi connectivity index (χ1n) is 9.86. The maximum absolute atomic E-state index is 12.8. The zero-order chi connectivity index (χ0) is 18.6. The molecule has 4 heteroatoms. The van der Waals surface area contributed by atoms with Crippen LogP contribution in [-0.4, -0.2) is 41.4 Å². The summed E-state index contributed by atoms with van der Waals surface area (Å²) in [5, 5.41) is 0. The molecule has 0 saturated carbocycles. The van der Waals surface area contributed by atoms with E-state index in [1.54, 1.807) is 0 Å². The highest BCUT2D eigenvalue weighted by Crippen LogP contribution is 2.30. The van der Waals surface area contributed by atoms with Crippen LogP contribution in [0.2, 0.25) is 0 Å². The number of amides is 2. The maximum atomic E-state index is 12.8. The minimum atomic E-state index is -0.311. The van der Waals surface area contributed by atoms with E-state index in [0.29, 0.717) is 19.0 Å². The van der Waals surface area contributed by atoms with E-state index >= 15 is 0 Å². The average Bonchev–Trinajstić information content (AvgIpc) is 2.99. The molecule has 2 aromatic rings. The minimum absolute atomic E-state index is 0.0414. The standard InChI is InChI=1S/C23H26N2O2/c26-22-16-21(20-9-5-2-6-10-20)23(27)25(22)17-24-13-11-19(12-14-24)15-18-7-3-1-4-8-18/h1-10,19,21H,11-17H2. The smallest absolute Gasteiger partial charge is 0.238 e. The number of imide groups is 1. The molecule has 2 aliphatic rings. The average molecular weight is 362 g/mol. The second-order valence-corrected chi connectivity index (χ2v) is 7.72. The fraction of sp³-hybridized carbons (Fsp3) is 0.391. The number of benzene rings is 2. The van der Waals surface area contributed by atoms with Crippen LogP contribution in [0.25, 0.3) is 0 Å². The van der Waals surface area contributed by atoms with Gasteiger partial charge in [0.1, 0.15) is 0 Å². The molecular formula is C23H26N2O2. The lowest BCUT2D eigenvalue weighted by atomic mass is 9.90. The third-order valence-corrected chi connectivity index (χ3v) is 5.86. The molecule has 1 atom stereocenters. The van der Waals surface area contributed by atoms with Crippen molar-refractivity contribution in [3.63, 3.8) is 0 Å². The Kier molecular flexibility index (Phi) is 5.35. The Morgan fingerprint density at radius 1 is 0.852 bits per heavy atom. The predicted molar refractivity (Wildman–Crippen MR) is 105 cm³/mol. The molecule has 0 aromatic heterocycles. The lowest BCUT2D eigenvalue weighted by Crippen LogP contribution is -2.44. The van der Waals surface area contributed by atoms with E-state index in [1.165, 1.54) is 10.5 Å². The van der Waals surface area contributed by atoms with Crippen molar-refractivity contribution in [3.05, 3.63) is 71.8 Å². The van der Waals surface area contributed by atoms with Crippen LogP contribution in [0.15, 0.2) is 60.7 Å². The van der Waals surface area contributed by atoms with Gasteiger partial charge in [0.15, 0.2) is 0 Å². The molecule has 2 heterocycles. The fourth-order valence-electron chi connectivity index (χ4n) is 4.26. The van der Waals surface area contributed by atoms with Gasteiger partial charge in [0.05, 0.1) is 12.6 Å². The topological polar surface area (TPSA) is 40.6 Å². The number of rotatable bonds is 5. The van der Waals surface area contributed by atoms with Crippen molar-refractivity contribution in [1.29, 1.82) is 0 Å². The Morgan fingerprint density at radius 3 is 2.15 bits per heavy atom. The monoisotopic (exact) mass is 362 g/mol. The van der Waals surface area contributed by atoms with Crippen LogP contribution in [0.5, 0.6) is 0 Å². The summed E-state index contributed by atoms with van der Waals surface area (Å²) in [5.74, 6) is 0.290. The van der Waals surface area contributed by atoms with Crippen molar-refractivity contribution in [2.24, 2.45) is 5.92 Å². The quantitative estimate of drug-likeness (QED) is 0.765. The summed E-state index contributed by atoms with van der Waals surface area (Å²) in [6.07, 6.45) is 3.65. The maximum Gasteiger partial charge on any atom is 0.238 e. The van der Waals surface area contributed by atoms with Crippen LogP contribution in [0, 0.1) is 5.92 Å². The molecule has 1 unspecified atom stereocenters. The first-order valence-corrected chi connectivity index (χ1v) is 9.86. The summed E-state index contributed by atoms with van der Waals surface area (Å²) in [6, 6.07) is 20.3. The Labute approximate surface area is 160 Å². The van der Waals surface area contributed by atoms with E-state index in [-0.39, 0.29) is 17.7 Å². The number of hydrogen-bond donors (Lipinski definition) is 0. The third kappa shape index (κ3) is 4.11. The minimum Gasteiger partial charge on any atom is -0.286 e. The molecule has 2 fully saturated rings. The van der Waals surface area contributed by atoms with Gasteiger partial charge in [-0.25, -0.2) is 0 Å². The van der Waals surface area contributed by atoms with Crippen molar-refractivity contribution in [2.75, 3.05) is 19.8 Å². The van der Waals surface area contributed by atoms with Crippen LogP contribution in [0.1, 0.15) is 36.3 Å². The molecule has 0 aliphatic carbocycles. The van der Waals surface area contributed by atoms with Gasteiger partial charge in [-0.2, -0.15) is 0 Å². The van der Waals surface area contributed by atoms with Gasteiger partial charge in [-0.15, -0.1) is 0 Å². The Bertz CT molecular complexity index is 783. The van der Waals surface area contributed by atoms with Crippen molar-refractivity contribution in [3.8, 4) is 0 Å². The second-order valence-electron chi connectivity index (χ2n) is 7.72. The number of hydrogen-bond acceptors (Lipinski definition) is 3. The first-order chi connectivity index (χ1) is 13.2. The van der Waals surface area contributed by atoms with Gasteiger partial charge in [-0.1, -0.05) is 60.7 Å². The van der Waals surface area contributed by atoms with Crippen LogP contribution < -0.4 is 0 Å². The Hall–Kier alpha value is -2.46. The molecule has 0 radical (unpaired) electrons. The van der Waals surface area contributed by atoms with E-state index in [4.69, 9.17) is 0 Å². The summed E-state index contributed by atoms with van der Waals surface area (Å²) >= 11 is 0. The van der Waals surface area contributed by atoms with E-state index < -0.39 is 0 Å². The predicted octanol–water partition coefficient (Wildman–Crippen LogP) is 3.44. The molecule has 0 N–H and O–H groups in total. The zero-order valence-electron chi connectivity index (χ0n) is 15.6. The highest BCUT2D eigenvalue weighted by Gasteiger charge is 2.40. The summed E-state index contributed by atoms with van der Waals surface area (Å²) < 4.78 is 0. The highest BCUT2D eigenvalue weighted by atomic mass is 16.2. The molecule has 2 aliphatic heterocycles. The number of piperidine rings is 1. The number of likely N-dealkylation sites (tertiary alicyclic amines) is 2. The molecule has 2 saturated heterocycles. The summed E-state index contributed by atoms with van der Waals surface area (Å²) in [5.41, 5.74) is 2.34. The fourth-order valence-corrected chi connectivity index (χ4v) is 4.26. The van der Waals surface area contributed by atoms with E-state index in [2.05, 4.69) is 35.2 Å². The molecule has 2 amide bonds. The van der Waals surface area contributed by atoms with Crippen LogP contribution >= 0.6 is 0 Å². The lowest BCUT2D eigenvalue weighted by molar-refractivity contribution is -0.141. The zero-order valence-corrected chi connectivity index (χ0v) is 15.6. The van der Waals surface area contributed by atoms with E-state index in [1.807, 2.05) is 30.3 Å². The largest absolute Gasteiger partial charge is 0.286 e. The first kappa shape index (κ1) is 17.9. The van der Waals surface area contributed by atoms with Gasteiger partial charge in [0.25, 0.3) is 0 Å². The van der Waals surface area contributed by atoms with Gasteiger partial charge in [0, 0.05) is 19.5 Å². The molecule has 2 aromatic carbocycles. The molecular weight excluding hydrogens is 336 g/mol. The third-order valence-electron chi connectivity index (χ3n) is 5.86. The summed E-state index contributed by atoms with van der Waals surface area (Å²) in [6.45, 7) is 2.34. The molecule has 0 bridgehead atoms. The van der Waals surface area contributed by atoms with Crippen LogP contribution in [0.4, 0.5) is 0 Å². The van der Waals surface area contributed by atoms with Gasteiger partial charge < -0.3 is 0 Å². The van der Waals surface area contributed by atoms with Gasteiger partial charge in [-0.3, -0.25) is 19.4 Å². The van der Waals surface area contributed by atoms with Crippen molar-refractivity contribution in [2.45, 2.75) is 31.6 Å². The highest BCUT2D eigenvalue weighted by molar-refractivity contribution is 6.06. The molecule has 4 nitrogen and oxygen atoms in total.